The number of ether oxygens (including phenoxy) is 2. The molecule has 2 aromatic carbocycles. The van der Waals surface area contributed by atoms with E-state index in [0.29, 0.717) is 23.2 Å². The van der Waals surface area contributed by atoms with Gasteiger partial charge in [-0.2, -0.15) is 0 Å². The summed E-state index contributed by atoms with van der Waals surface area (Å²) in [6.07, 6.45) is 0.705. The molecule has 2 atom stereocenters. The first-order chi connectivity index (χ1) is 17.3. The highest BCUT2D eigenvalue weighted by Crippen LogP contribution is 2.44. The summed E-state index contributed by atoms with van der Waals surface area (Å²) in [5, 5.41) is 11.6. The van der Waals surface area contributed by atoms with Crippen LogP contribution in [0.2, 0.25) is 0 Å². The van der Waals surface area contributed by atoms with E-state index in [1.807, 2.05) is 13.0 Å². The minimum atomic E-state index is -0.921. The molecule has 2 aliphatic rings. The lowest BCUT2D eigenvalue weighted by Crippen LogP contribution is -2.29. The van der Waals surface area contributed by atoms with Crippen LogP contribution in [0.15, 0.2) is 54.1 Å². The lowest BCUT2D eigenvalue weighted by molar-refractivity contribution is -0.132. The van der Waals surface area contributed by atoms with Crippen LogP contribution in [0, 0.1) is 6.92 Å². The molecule has 1 amide bonds. The average Bonchev–Trinajstić information content (AvgIpc) is 3.51. The Labute approximate surface area is 211 Å². The Bertz CT molecular complexity index is 1410. The number of ketones is 1. The van der Waals surface area contributed by atoms with E-state index in [1.165, 1.54) is 4.90 Å². The molecule has 3 aromatic rings. The van der Waals surface area contributed by atoms with E-state index in [0.717, 1.165) is 22.6 Å². The Morgan fingerprint density at radius 3 is 2.69 bits per heavy atom. The number of carbonyl (C=O) groups excluding carboxylic acids is 3. The quantitative estimate of drug-likeness (QED) is 0.235. The second kappa shape index (κ2) is 9.23. The first-order valence-electron chi connectivity index (χ1n) is 11.6. The molecule has 0 radical (unpaired) electrons. The third-order valence-electron chi connectivity index (χ3n) is 6.18. The van der Waals surface area contributed by atoms with Crippen molar-refractivity contribution in [2.24, 2.45) is 0 Å². The van der Waals surface area contributed by atoms with Gasteiger partial charge in [0.25, 0.3) is 5.78 Å². The van der Waals surface area contributed by atoms with Crippen LogP contribution < -0.4 is 9.64 Å². The van der Waals surface area contributed by atoms with Crippen molar-refractivity contribution in [1.29, 1.82) is 0 Å². The van der Waals surface area contributed by atoms with E-state index in [2.05, 4.69) is 4.98 Å². The zero-order valence-corrected chi connectivity index (χ0v) is 20.8. The molecule has 3 heterocycles. The number of esters is 1. The molecule has 9 heteroatoms. The van der Waals surface area contributed by atoms with Crippen LogP contribution in [0.3, 0.4) is 0 Å². The van der Waals surface area contributed by atoms with Crippen LogP contribution in [0.4, 0.5) is 5.13 Å². The number of carbonyl (C=O) groups is 3. The van der Waals surface area contributed by atoms with Crippen molar-refractivity contribution in [1.82, 2.24) is 4.98 Å². The van der Waals surface area contributed by atoms with E-state index < -0.39 is 23.7 Å². The molecule has 1 N–H and O–H groups in total. The van der Waals surface area contributed by atoms with Crippen LogP contribution in [0.25, 0.3) is 5.76 Å². The molecular formula is C27H24N2O6S. The Kier molecular flexibility index (Phi) is 6.09. The number of aryl methyl sites for hydroxylation is 1. The average molecular weight is 505 g/mol. The van der Waals surface area contributed by atoms with E-state index in [9.17, 15) is 19.5 Å². The summed E-state index contributed by atoms with van der Waals surface area (Å²) in [6, 6.07) is 13.3. The van der Waals surface area contributed by atoms with E-state index in [1.54, 1.807) is 56.3 Å². The van der Waals surface area contributed by atoms with Gasteiger partial charge < -0.3 is 14.6 Å². The summed E-state index contributed by atoms with van der Waals surface area (Å²) >= 11 is 0.982. The number of hydrogen-bond acceptors (Lipinski definition) is 8. The van der Waals surface area contributed by atoms with Gasteiger partial charge in [-0.05, 0) is 50.1 Å². The summed E-state index contributed by atoms with van der Waals surface area (Å²) in [6.45, 7) is 5.51. The highest BCUT2D eigenvalue weighted by molar-refractivity contribution is 7.17. The van der Waals surface area contributed by atoms with Crippen LogP contribution in [0.5, 0.6) is 5.75 Å². The van der Waals surface area contributed by atoms with Crippen LogP contribution >= 0.6 is 11.3 Å². The summed E-state index contributed by atoms with van der Waals surface area (Å²) in [5.41, 5.74) is 2.33. The molecule has 0 bridgehead atoms. The molecule has 36 heavy (non-hydrogen) atoms. The van der Waals surface area contributed by atoms with Crippen molar-refractivity contribution in [3.63, 3.8) is 0 Å². The Hall–Kier alpha value is -3.98. The lowest BCUT2D eigenvalue weighted by atomic mass is 9.94. The zero-order valence-electron chi connectivity index (χ0n) is 20.0. The van der Waals surface area contributed by atoms with E-state index >= 15 is 0 Å². The number of nitrogens with zero attached hydrogens (tertiary/aromatic N) is 2. The topological polar surface area (TPSA) is 106 Å². The number of thiazole rings is 1. The molecular weight excluding hydrogens is 480 g/mol. The van der Waals surface area contributed by atoms with Gasteiger partial charge in [-0.3, -0.25) is 14.5 Å². The number of aromatic nitrogens is 1. The molecule has 1 saturated heterocycles. The van der Waals surface area contributed by atoms with Gasteiger partial charge in [0, 0.05) is 12.0 Å². The lowest BCUT2D eigenvalue weighted by Gasteiger charge is -2.23. The maximum absolute atomic E-state index is 13.4. The van der Waals surface area contributed by atoms with Crippen molar-refractivity contribution >= 4 is 39.9 Å². The predicted octanol–water partition coefficient (Wildman–Crippen LogP) is 4.58. The first kappa shape index (κ1) is 23.7. The number of amides is 1. The minimum absolute atomic E-state index is 0.0223. The first-order valence-corrected chi connectivity index (χ1v) is 12.4. The Balaban J connectivity index is 1.65. The van der Waals surface area contributed by atoms with Crippen molar-refractivity contribution in [2.75, 3.05) is 11.5 Å². The normalized spacial score (nSPS) is 20.4. The molecule has 0 saturated carbocycles. The standard InChI is InChI=1S/C27H24N2O6S/c1-4-34-26(33)24-15(3)28-27(36-24)29-21(16-8-6-5-7-9-16)20(23(31)25(29)32)22(30)17-10-11-19-18(13-17)12-14(2)35-19/h5-11,13-14,21,30H,4,12H2,1-3H3. The van der Waals surface area contributed by atoms with Gasteiger partial charge in [0.15, 0.2) is 5.13 Å². The maximum atomic E-state index is 13.4. The number of fused-ring (bicyclic) bond motifs is 1. The molecule has 2 aliphatic heterocycles. The van der Waals surface area contributed by atoms with Gasteiger partial charge in [0.05, 0.1) is 23.9 Å². The highest BCUT2D eigenvalue weighted by Gasteiger charge is 2.48. The highest BCUT2D eigenvalue weighted by atomic mass is 32.1. The summed E-state index contributed by atoms with van der Waals surface area (Å²) in [4.78, 5) is 45.0. The van der Waals surface area contributed by atoms with Gasteiger partial charge in [-0.1, -0.05) is 41.7 Å². The number of benzene rings is 2. The molecule has 0 aliphatic carbocycles. The second-order valence-corrected chi connectivity index (χ2v) is 9.64. The van der Waals surface area contributed by atoms with Crippen molar-refractivity contribution in [3.05, 3.63) is 81.4 Å². The monoisotopic (exact) mass is 504 g/mol. The fourth-order valence-corrected chi connectivity index (χ4v) is 5.56. The molecule has 1 fully saturated rings. The molecule has 0 spiro atoms. The number of hydrogen-bond donors (Lipinski definition) is 1. The fraction of sp³-hybridized carbons (Fsp3) is 0.259. The predicted molar refractivity (Wildman–Crippen MR) is 134 cm³/mol. The van der Waals surface area contributed by atoms with E-state index in [4.69, 9.17) is 9.47 Å². The summed E-state index contributed by atoms with van der Waals surface area (Å²) in [5.74, 6) is -1.72. The van der Waals surface area contributed by atoms with Crippen molar-refractivity contribution in [3.8, 4) is 5.75 Å². The molecule has 5 rings (SSSR count). The van der Waals surface area contributed by atoms with Gasteiger partial charge in [0.2, 0.25) is 0 Å². The number of Topliss-reactive ketones (excluding diaryl/α,β-unsaturated/α-hetero) is 1. The third-order valence-corrected chi connectivity index (χ3v) is 7.32. The summed E-state index contributed by atoms with van der Waals surface area (Å²) < 4.78 is 10.9. The molecule has 2 unspecified atom stereocenters. The molecule has 8 nitrogen and oxygen atoms in total. The Morgan fingerprint density at radius 2 is 1.97 bits per heavy atom. The SMILES string of the molecule is CCOC(=O)c1sc(N2C(=O)C(=O)C(=C(O)c3ccc4c(c3)CC(C)O4)C2c2ccccc2)nc1C. The number of anilines is 1. The smallest absolute Gasteiger partial charge is 0.350 e. The van der Waals surface area contributed by atoms with Gasteiger partial charge in [-0.25, -0.2) is 9.78 Å². The van der Waals surface area contributed by atoms with Crippen LogP contribution in [0.1, 0.15) is 51.9 Å². The van der Waals surface area contributed by atoms with E-state index in [-0.39, 0.29) is 34.1 Å². The number of aliphatic hydroxyl groups excluding tert-OH is 1. The number of aliphatic hydroxyl groups is 1. The molecule has 184 valence electrons. The van der Waals surface area contributed by atoms with Crippen LogP contribution in [-0.2, 0) is 20.7 Å². The van der Waals surface area contributed by atoms with Crippen LogP contribution in [-0.4, -0.2) is 40.5 Å². The Morgan fingerprint density at radius 1 is 1.22 bits per heavy atom. The summed E-state index contributed by atoms with van der Waals surface area (Å²) in [7, 11) is 0. The van der Waals surface area contributed by atoms with Crippen molar-refractivity contribution in [2.45, 2.75) is 39.3 Å². The van der Waals surface area contributed by atoms with Gasteiger partial charge in [0.1, 0.15) is 22.5 Å². The van der Waals surface area contributed by atoms with Crippen molar-refractivity contribution < 1.29 is 29.0 Å². The largest absolute Gasteiger partial charge is 0.507 e. The second-order valence-electron chi connectivity index (χ2n) is 8.67. The molecule has 1 aromatic heterocycles. The van der Waals surface area contributed by atoms with Gasteiger partial charge >= 0.3 is 11.9 Å². The fourth-order valence-electron chi connectivity index (χ4n) is 4.58. The van der Waals surface area contributed by atoms with Gasteiger partial charge in [-0.15, -0.1) is 0 Å². The number of rotatable bonds is 5. The third kappa shape index (κ3) is 3.95. The zero-order chi connectivity index (χ0) is 25.6. The minimum Gasteiger partial charge on any atom is -0.507 e. The maximum Gasteiger partial charge on any atom is 0.350 e.